The summed E-state index contributed by atoms with van der Waals surface area (Å²) in [6, 6.07) is 1.52. The molecule has 0 bridgehead atoms. The average molecular weight is 279 g/mol. The van der Waals surface area contributed by atoms with Crippen molar-refractivity contribution in [2.24, 2.45) is 0 Å². The molecule has 0 saturated carbocycles. The molecule has 1 atom stereocenters. The van der Waals surface area contributed by atoms with E-state index >= 15 is 0 Å². The van der Waals surface area contributed by atoms with E-state index < -0.39 is 0 Å². The van der Waals surface area contributed by atoms with Gasteiger partial charge in [-0.05, 0) is 20.8 Å². The minimum atomic E-state index is -0.311. The summed E-state index contributed by atoms with van der Waals surface area (Å²) in [5.41, 5.74) is 0. The van der Waals surface area contributed by atoms with E-state index in [-0.39, 0.29) is 11.9 Å². The molecular weight excluding hydrogens is 254 g/mol. The second kappa shape index (κ2) is 7.67. The van der Waals surface area contributed by atoms with Crippen molar-refractivity contribution in [1.29, 1.82) is 0 Å². The predicted octanol–water partition coefficient (Wildman–Crippen LogP) is 1.75. The van der Waals surface area contributed by atoms with Gasteiger partial charge in [0.15, 0.2) is 0 Å². The fraction of sp³-hybridized carbons (Fsp3) is 0.643. The van der Waals surface area contributed by atoms with E-state index in [0.29, 0.717) is 12.4 Å². The van der Waals surface area contributed by atoms with Gasteiger partial charge >= 0.3 is 0 Å². The fourth-order valence-electron chi connectivity index (χ4n) is 1.77. The molecule has 6 heteroatoms. The molecule has 0 aliphatic carbocycles. The van der Waals surface area contributed by atoms with Crippen LogP contribution < -0.4 is 10.6 Å². The number of rotatable bonds is 7. The van der Waals surface area contributed by atoms with Gasteiger partial charge in [0.1, 0.15) is 23.5 Å². The quantitative estimate of drug-likeness (QED) is 0.795. The van der Waals surface area contributed by atoms with Gasteiger partial charge in [0.25, 0.3) is 0 Å². The zero-order valence-electron chi connectivity index (χ0n) is 13.0. The molecule has 1 amide bonds. The number of nitrogens with zero attached hydrogens (tertiary/aromatic N) is 3. The molecule has 1 aromatic rings. The Kier molecular flexibility index (Phi) is 6.21. The van der Waals surface area contributed by atoms with E-state index in [2.05, 4.69) is 20.6 Å². The van der Waals surface area contributed by atoms with E-state index in [9.17, 15) is 4.79 Å². The lowest BCUT2D eigenvalue weighted by atomic mass is 10.3. The van der Waals surface area contributed by atoms with Crippen molar-refractivity contribution in [3.05, 3.63) is 11.9 Å². The van der Waals surface area contributed by atoms with Crippen molar-refractivity contribution >= 4 is 17.5 Å². The molecule has 1 unspecified atom stereocenters. The van der Waals surface area contributed by atoms with Gasteiger partial charge in [-0.25, -0.2) is 9.97 Å². The molecule has 20 heavy (non-hydrogen) atoms. The van der Waals surface area contributed by atoms with Crippen molar-refractivity contribution in [3.8, 4) is 0 Å². The largest absolute Gasteiger partial charge is 0.370 e. The number of aryl methyl sites for hydroxylation is 1. The van der Waals surface area contributed by atoms with Gasteiger partial charge < -0.3 is 15.5 Å². The lowest BCUT2D eigenvalue weighted by molar-refractivity contribution is -0.130. The van der Waals surface area contributed by atoms with E-state index in [1.807, 2.05) is 33.8 Å². The first-order valence-electron chi connectivity index (χ1n) is 7.15. The molecule has 1 rings (SSSR count). The number of hydrogen-bond donors (Lipinski definition) is 2. The second-order valence-electron chi connectivity index (χ2n) is 4.66. The first kappa shape index (κ1) is 16.2. The molecule has 112 valence electrons. The molecule has 1 aromatic heterocycles. The Labute approximate surface area is 121 Å². The SMILES string of the molecule is CCNc1cc(NC(C)C(=O)N(C)CC)nc(CC)n1. The standard InChI is InChI=1S/C14H25N5O/c1-6-11-17-12(15-7-2)9-13(18-11)16-10(4)14(20)19(5)8-3/h9-10H,6-8H2,1-5H3,(H2,15,16,17,18). The molecule has 0 aromatic carbocycles. The van der Waals surface area contributed by atoms with Crippen molar-refractivity contribution in [3.63, 3.8) is 0 Å². The van der Waals surface area contributed by atoms with E-state index in [0.717, 1.165) is 24.6 Å². The Morgan fingerprint density at radius 2 is 1.95 bits per heavy atom. The Bertz CT molecular complexity index is 449. The maximum atomic E-state index is 12.0. The number of likely N-dealkylation sites (N-methyl/N-ethyl adjacent to an activating group) is 1. The topological polar surface area (TPSA) is 70.2 Å². The van der Waals surface area contributed by atoms with Crippen LogP contribution in [0.25, 0.3) is 0 Å². The van der Waals surface area contributed by atoms with Crippen LogP contribution in [0.3, 0.4) is 0 Å². The average Bonchev–Trinajstić information content (AvgIpc) is 2.45. The van der Waals surface area contributed by atoms with Crippen LogP contribution in [-0.4, -0.2) is 47.0 Å². The van der Waals surface area contributed by atoms with Crippen LogP contribution in [0.4, 0.5) is 11.6 Å². The van der Waals surface area contributed by atoms with Gasteiger partial charge in [0.05, 0.1) is 0 Å². The van der Waals surface area contributed by atoms with Gasteiger partial charge in [-0.1, -0.05) is 6.92 Å². The van der Waals surface area contributed by atoms with Gasteiger partial charge in [-0.15, -0.1) is 0 Å². The highest BCUT2D eigenvalue weighted by Crippen LogP contribution is 2.13. The van der Waals surface area contributed by atoms with Crippen LogP contribution in [0, 0.1) is 0 Å². The highest BCUT2D eigenvalue weighted by atomic mass is 16.2. The minimum Gasteiger partial charge on any atom is -0.370 e. The monoisotopic (exact) mass is 279 g/mol. The third kappa shape index (κ3) is 4.36. The van der Waals surface area contributed by atoms with Crippen molar-refractivity contribution in [2.75, 3.05) is 30.8 Å². The summed E-state index contributed by atoms with van der Waals surface area (Å²) in [5.74, 6) is 2.27. The van der Waals surface area contributed by atoms with E-state index in [4.69, 9.17) is 0 Å². The molecule has 0 aliphatic heterocycles. The number of carbonyl (C=O) groups is 1. The maximum absolute atomic E-state index is 12.0. The first-order valence-corrected chi connectivity index (χ1v) is 7.15. The molecular formula is C14H25N5O. The Hall–Kier alpha value is -1.85. The van der Waals surface area contributed by atoms with E-state index in [1.165, 1.54) is 0 Å². The molecule has 2 N–H and O–H groups in total. The van der Waals surface area contributed by atoms with Gasteiger partial charge in [0.2, 0.25) is 5.91 Å². The van der Waals surface area contributed by atoms with Crippen LogP contribution in [0.1, 0.15) is 33.5 Å². The minimum absolute atomic E-state index is 0.0501. The van der Waals surface area contributed by atoms with Crippen LogP contribution in [0.2, 0.25) is 0 Å². The summed E-state index contributed by atoms with van der Waals surface area (Å²) in [6.45, 7) is 9.31. The van der Waals surface area contributed by atoms with Crippen LogP contribution in [0.15, 0.2) is 6.07 Å². The molecule has 0 spiro atoms. The Morgan fingerprint density at radius 3 is 2.50 bits per heavy atom. The van der Waals surface area contributed by atoms with Gasteiger partial charge in [-0.3, -0.25) is 4.79 Å². The first-order chi connectivity index (χ1) is 9.51. The van der Waals surface area contributed by atoms with Crippen molar-refractivity contribution in [1.82, 2.24) is 14.9 Å². The molecule has 1 heterocycles. The summed E-state index contributed by atoms with van der Waals surface area (Å²) in [7, 11) is 1.79. The highest BCUT2D eigenvalue weighted by molar-refractivity contribution is 5.83. The summed E-state index contributed by atoms with van der Waals surface area (Å²) in [4.78, 5) is 22.5. The molecule has 0 aliphatic rings. The van der Waals surface area contributed by atoms with Crippen LogP contribution in [-0.2, 0) is 11.2 Å². The summed E-state index contributed by atoms with van der Waals surface area (Å²) >= 11 is 0. The summed E-state index contributed by atoms with van der Waals surface area (Å²) < 4.78 is 0. The third-order valence-corrected chi connectivity index (χ3v) is 3.03. The van der Waals surface area contributed by atoms with Crippen LogP contribution >= 0.6 is 0 Å². The van der Waals surface area contributed by atoms with Gasteiger partial charge in [-0.2, -0.15) is 0 Å². The molecule has 6 nitrogen and oxygen atoms in total. The number of hydrogen-bond acceptors (Lipinski definition) is 5. The maximum Gasteiger partial charge on any atom is 0.244 e. The number of amides is 1. The lowest BCUT2D eigenvalue weighted by Crippen LogP contribution is -2.39. The Morgan fingerprint density at radius 1 is 1.30 bits per heavy atom. The second-order valence-corrected chi connectivity index (χ2v) is 4.66. The molecule has 0 radical (unpaired) electrons. The molecule has 0 saturated heterocycles. The smallest absolute Gasteiger partial charge is 0.244 e. The highest BCUT2D eigenvalue weighted by Gasteiger charge is 2.17. The normalized spacial score (nSPS) is 11.8. The number of aromatic nitrogens is 2. The number of anilines is 2. The Balaban J connectivity index is 2.85. The predicted molar refractivity (Wildman–Crippen MR) is 82.0 cm³/mol. The zero-order valence-corrected chi connectivity index (χ0v) is 13.0. The van der Waals surface area contributed by atoms with E-state index in [1.54, 1.807) is 11.9 Å². The summed E-state index contributed by atoms with van der Waals surface area (Å²) in [6.07, 6.45) is 0.755. The van der Waals surface area contributed by atoms with Crippen molar-refractivity contribution in [2.45, 2.75) is 40.2 Å². The fourth-order valence-corrected chi connectivity index (χ4v) is 1.77. The summed E-state index contributed by atoms with van der Waals surface area (Å²) in [5, 5.41) is 6.32. The zero-order chi connectivity index (χ0) is 15.1. The lowest BCUT2D eigenvalue weighted by Gasteiger charge is -2.21. The number of nitrogens with one attached hydrogen (secondary N) is 2. The van der Waals surface area contributed by atoms with Crippen LogP contribution in [0.5, 0.6) is 0 Å². The van der Waals surface area contributed by atoms with Crippen molar-refractivity contribution < 1.29 is 4.79 Å². The molecule has 0 fully saturated rings. The van der Waals surface area contributed by atoms with Gasteiger partial charge in [0, 0.05) is 32.6 Å². The number of carbonyl (C=O) groups excluding carboxylic acids is 1. The third-order valence-electron chi connectivity index (χ3n) is 3.03.